The van der Waals surface area contributed by atoms with Crippen molar-refractivity contribution in [2.45, 2.75) is 31.7 Å². The number of hydrogen-bond donors (Lipinski definition) is 1. The largest absolute Gasteiger partial charge is 0.466 e. The van der Waals surface area contributed by atoms with E-state index in [1.54, 1.807) is 0 Å². The highest BCUT2D eigenvalue weighted by Gasteiger charge is 2.36. The van der Waals surface area contributed by atoms with Crippen LogP contribution in [0.15, 0.2) is 24.3 Å². The fraction of sp³-hybridized carbons (Fsp3) is 0.462. The second-order valence-corrected chi connectivity index (χ2v) is 4.30. The minimum absolute atomic E-state index is 0.207. The highest BCUT2D eigenvalue weighted by Crippen LogP contribution is 2.37. The van der Waals surface area contributed by atoms with Gasteiger partial charge in [-0.15, -0.1) is 0 Å². The molecule has 1 aromatic rings. The quantitative estimate of drug-likeness (QED) is 0.788. The number of ether oxygens (including phenoxy) is 1. The zero-order valence-corrected chi connectivity index (χ0v) is 9.53. The van der Waals surface area contributed by atoms with Gasteiger partial charge < -0.3 is 10.5 Å². The van der Waals surface area contributed by atoms with E-state index in [9.17, 15) is 4.79 Å². The lowest BCUT2D eigenvalue weighted by molar-refractivity contribution is -0.144. The summed E-state index contributed by atoms with van der Waals surface area (Å²) >= 11 is 0. The van der Waals surface area contributed by atoms with E-state index >= 15 is 0 Å². The van der Waals surface area contributed by atoms with Gasteiger partial charge in [-0.1, -0.05) is 24.3 Å². The third-order valence-corrected chi connectivity index (χ3v) is 3.16. The summed E-state index contributed by atoms with van der Waals surface area (Å²) in [6.07, 6.45) is 2.05. The predicted molar refractivity (Wildman–Crippen MR) is 61.9 cm³/mol. The zero-order chi connectivity index (χ0) is 11.6. The van der Waals surface area contributed by atoms with Gasteiger partial charge in [0.15, 0.2) is 0 Å². The molecule has 0 aliphatic heterocycles. The van der Waals surface area contributed by atoms with E-state index < -0.39 is 5.54 Å². The Morgan fingerprint density at radius 2 is 2.25 bits per heavy atom. The van der Waals surface area contributed by atoms with Gasteiger partial charge in [0.1, 0.15) is 0 Å². The van der Waals surface area contributed by atoms with Crippen LogP contribution in [0.4, 0.5) is 0 Å². The number of carbonyl (C=O) groups is 1. The smallest absolute Gasteiger partial charge is 0.307 e. The number of benzene rings is 1. The number of rotatable bonds is 3. The first-order valence-electron chi connectivity index (χ1n) is 5.68. The van der Waals surface area contributed by atoms with E-state index in [2.05, 4.69) is 6.07 Å². The third kappa shape index (κ3) is 1.95. The maximum atomic E-state index is 11.5. The standard InChI is InChI=1S/C13H17NO2/c1-2-16-12(15)9-13(14)8-7-10-5-3-4-6-11(10)13/h3-6H,2,7-9,14H2,1H3. The van der Waals surface area contributed by atoms with Crippen LogP contribution >= 0.6 is 0 Å². The van der Waals surface area contributed by atoms with Crippen LogP contribution in [0, 0.1) is 0 Å². The molecule has 0 spiro atoms. The van der Waals surface area contributed by atoms with E-state index in [-0.39, 0.29) is 12.4 Å². The second-order valence-electron chi connectivity index (χ2n) is 4.30. The van der Waals surface area contributed by atoms with Crippen LogP contribution in [0.5, 0.6) is 0 Å². The zero-order valence-electron chi connectivity index (χ0n) is 9.53. The summed E-state index contributed by atoms with van der Waals surface area (Å²) in [4.78, 5) is 11.5. The molecule has 1 aliphatic carbocycles. The average Bonchev–Trinajstić information content (AvgIpc) is 2.58. The monoisotopic (exact) mass is 219 g/mol. The van der Waals surface area contributed by atoms with Crippen LogP contribution in [0.25, 0.3) is 0 Å². The molecule has 0 fully saturated rings. The molecule has 3 heteroatoms. The van der Waals surface area contributed by atoms with Crippen molar-refractivity contribution >= 4 is 5.97 Å². The van der Waals surface area contributed by atoms with E-state index in [4.69, 9.17) is 10.5 Å². The van der Waals surface area contributed by atoms with Gasteiger partial charge in [-0.3, -0.25) is 4.79 Å². The van der Waals surface area contributed by atoms with Crippen molar-refractivity contribution in [2.75, 3.05) is 6.61 Å². The highest BCUT2D eigenvalue weighted by molar-refractivity contribution is 5.71. The van der Waals surface area contributed by atoms with Crippen LogP contribution in [0.2, 0.25) is 0 Å². The fourth-order valence-corrected chi connectivity index (χ4v) is 2.37. The Morgan fingerprint density at radius 3 is 3.00 bits per heavy atom. The van der Waals surface area contributed by atoms with Gasteiger partial charge in [0.25, 0.3) is 0 Å². The Kier molecular flexibility index (Phi) is 2.97. The van der Waals surface area contributed by atoms with Crippen molar-refractivity contribution < 1.29 is 9.53 Å². The van der Waals surface area contributed by atoms with Crippen molar-refractivity contribution in [3.63, 3.8) is 0 Å². The van der Waals surface area contributed by atoms with Crippen LogP contribution in [-0.4, -0.2) is 12.6 Å². The Balaban J connectivity index is 2.18. The molecule has 0 bridgehead atoms. The first kappa shape index (κ1) is 11.1. The van der Waals surface area contributed by atoms with Gasteiger partial charge in [0, 0.05) is 0 Å². The van der Waals surface area contributed by atoms with Crippen molar-refractivity contribution in [3.05, 3.63) is 35.4 Å². The maximum absolute atomic E-state index is 11.5. The minimum atomic E-state index is -0.525. The van der Waals surface area contributed by atoms with Gasteiger partial charge >= 0.3 is 5.97 Å². The number of carbonyl (C=O) groups excluding carboxylic acids is 1. The molecule has 2 N–H and O–H groups in total. The molecule has 1 atom stereocenters. The number of nitrogens with two attached hydrogens (primary N) is 1. The molecule has 0 aromatic heterocycles. The molecule has 0 radical (unpaired) electrons. The van der Waals surface area contributed by atoms with Crippen LogP contribution < -0.4 is 5.73 Å². The summed E-state index contributed by atoms with van der Waals surface area (Å²) in [6, 6.07) is 8.07. The molecule has 0 saturated carbocycles. The van der Waals surface area contributed by atoms with Gasteiger partial charge in [-0.25, -0.2) is 0 Å². The average molecular weight is 219 g/mol. The molecule has 0 amide bonds. The number of aryl methyl sites for hydroxylation is 1. The predicted octanol–water partition coefficient (Wildman–Crippen LogP) is 1.74. The van der Waals surface area contributed by atoms with E-state index in [0.29, 0.717) is 6.61 Å². The SMILES string of the molecule is CCOC(=O)CC1(N)CCc2ccccc21. The number of esters is 1. The molecule has 1 aliphatic rings. The molecule has 0 heterocycles. The normalized spacial score (nSPS) is 22.9. The molecular formula is C13H17NO2. The lowest BCUT2D eigenvalue weighted by Crippen LogP contribution is -2.37. The Morgan fingerprint density at radius 1 is 1.50 bits per heavy atom. The highest BCUT2D eigenvalue weighted by atomic mass is 16.5. The Labute approximate surface area is 95.6 Å². The molecule has 2 rings (SSSR count). The molecule has 86 valence electrons. The minimum Gasteiger partial charge on any atom is -0.466 e. The second kappa shape index (κ2) is 4.26. The summed E-state index contributed by atoms with van der Waals surface area (Å²) in [5, 5.41) is 0. The number of fused-ring (bicyclic) bond motifs is 1. The molecule has 1 unspecified atom stereocenters. The van der Waals surface area contributed by atoms with Gasteiger partial charge in [0.2, 0.25) is 0 Å². The van der Waals surface area contributed by atoms with Gasteiger partial charge in [0.05, 0.1) is 18.6 Å². The van der Waals surface area contributed by atoms with E-state index in [1.165, 1.54) is 5.56 Å². The van der Waals surface area contributed by atoms with Crippen LogP contribution in [0.3, 0.4) is 0 Å². The van der Waals surface area contributed by atoms with Crippen molar-refractivity contribution in [1.29, 1.82) is 0 Å². The van der Waals surface area contributed by atoms with Crippen LogP contribution in [0.1, 0.15) is 30.9 Å². The third-order valence-electron chi connectivity index (χ3n) is 3.16. The first-order chi connectivity index (χ1) is 7.65. The van der Waals surface area contributed by atoms with Gasteiger partial charge in [-0.05, 0) is 30.9 Å². The topological polar surface area (TPSA) is 52.3 Å². The summed E-state index contributed by atoms with van der Waals surface area (Å²) in [7, 11) is 0. The lowest BCUT2D eigenvalue weighted by Gasteiger charge is -2.24. The molecule has 0 saturated heterocycles. The molecular weight excluding hydrogens is 202 g/mol. The van der Waals surface area contributed by atoms with Crippen molar-refractivity contribution in [1.82, 2.24) is 0 Å². The summed E-state index contributed by atoms with van der Waals surface area (Å²) in [6.45, 7) is 2.22. The van der Waals surface area contributed by atoms with Crippen molar-refractivity contribution in [2.24, 2.45) is 5.73 Å². The summed E-state index contributed by atoms with van der Waals surface area (Å²) in [5.41, 5.74) is 8.13. The van der Waals surface area contributed by atoms with E-state index in [1.807, 2.05) is 25.1 Å². The molecule has 1 aromatic carbocycles. The Hall–Kier alpha value is -1.35. The van der Waals surface area contributed by atoms with Crippen molar-refractivity contribution in [3.8, 4) is 0 Å². The first-order valence-corrected chi connectivity index (χ1v) is 5.68. The fourth-order valence-electron chi connectivity index (χ4n) is 2.37. The summed E-state index contributed by atoms with van der Waals surface area (Å²) < 4.78 is 4.97. The van der Waals surface area contributed by atoms with Gasteiger partial charge in [-0.2, -0.15) is 0 Å². The van der Waals surface area contributed by atoms with E-state index in [0.717, 1.165) is 18.4 Å². The lowest BCUT2D eigenvalue weighted by atomic mass is 9.89. The molecule has 16 heavy (non-hydrogen) atoms. The Bertz CT molecular complexity index is 403. The molecule has 3 nitrogen and oxygen atoms in total. The summed E-state index contributed by atoms with van der Waals surface area (Å²) in [5.74, 6) is -0.207. The van der Waals surface area contributed by atoms with Crippen LogP contribution in [-0.2, 0) is 21.5 Å². The number of hydrogen-bond acceptors (Lipinski definition) is 3. The maximum Gasteiger partial charge on any atom is 0.307 e.